The lowest BCUT2D eigenvalue weighted by Crippen LogP contribution is -3.08. The summed E-state index contributed by atoms with van der Waals surface area (Å²) in [6.45, 7) is 0.204. The average molecular weight is 412 g/mol. The van der Waals surface area contributed by atoms with Crippen LogP contribution in [0.25, 0.3) is 0 Å². The molecule has 0 spiro atoms. The number of nitro benzene ring substituents is 1. The monoisotopic (exact) mass is 412 g/mol. The van der Waals surface area contributed by atoms with E-state index in [4.69, 9.17) is 9.47 Å². The summed E-state index contributed by atoms with van der Waals surface area (Å²) in [5.74, 6) is -4.70. The van der Waals surface area contributed by atoms with Crippen LogP contribution in [0, 0.1) is 27.6 Å². The first-order valence-electron chi connectivity index (χ1n) is 8.51. The van der Waals surface area contributed by atoms with Crippen molar-refractivity contribution in [2.45, 2.75) is 13.2 Å². The molecule has 3 rings (SSSR count). The Hall–Kier alpha value is -3.18. The van der Waals surface area contributed by atoms with Crippen molar-refractivity contribution in [1.82, 2.24) is 0 Å². The van der Waals surface area contributed by atoms with Gasteiger partial charge in [-0.15, -0.1) is 0 Å². The van der Waals surface area contributed by atoms with Gasteiger partial charge < -0.3 is 19.7 Å². The van der Waals surface area contributed by atoms with Gasteiger partial charge in [-0.2, -0.15) is 0 Å². The number of amides is 1. The first-order chi connectivity index (χ1) is 13.8. The fourth-order valence-electron chi connectivity index (χ4n) is 3.00. The molecule has 0 bridgehead atoms. The number of hydrogen-bond donors (Lipinski definition) is 2. The lowest BCUT2D eigenvalue weighted by molar-refractivity contribution is -0.885. The molecule has 0 radical (unpaired) electrons. The molecule has 2 N–H and O–H groups in total. The van der Waals surface area contributed by atoms with Gasteiger partial charge in [-0.05, 0) is 12.1 Å². The van der Waals surface area contributed by atoms with Crippen LogP contribution in [0.1, 0.15) is 11.1 Å². The van der Waals surface area contributed by atoms with E-state index < -0.39 is 34.0 Å². The van der Waals surface area contributed by atoms with Crippen LogP contribution in [-0.2, 0) is 22.7 Å². The van der Waals surface area contributed by atoms with Gasteiger partial charge in [-0.25, -0.2) is 13.2 Å². The Kier molecular flexibility index (Phi) is 5.99. The van der Waals surface area contributed by atoms with E-state index in [1.165, 1.54) is 12.1 Å². The standard InChI is InChI=1S/C18H16F3N3O5/c1-23(7-15(25)22-14-3-2-13(19)16(20)17(14)21)6-10-4-12(24(26)27)5-11-8-28-9-29-18(10)11/h2-5H,6-9H2,1H3,(H,22,25)/p+1. The SMILES string of the molecule is C[NH+](CC(=O)Nc1ccc(F)c(F)c1F)Cc1cc([N+](=O)[O-])cc2c1OCOC2. The van der Waals surface area contributed by atoms with Crippen molar-refractivity contribution >= 4 is 17.3 Å². The van der Waals surface area contributed by atoms with E-state index in [2.05, 4.69) is 5.32 Å². The van der Waals surface area contributed by atoms with Crippen molar-refractivity contribution in [1.29, 1.82) is 0 Å². The van der Waals surface area contributed by atoms with Gasteiger partial charge in [0.05, 0.1) is 29.8 Å². The van der Waals surface area contributed by atoms with E-state index in [1.807, 2.05) is 0 Å². The van der Waals surface area contributed by atoms with Crippen LogP contribution in [0.4, 0.5) is 24.5 Å². The maximum Gasteiger partial charge on any atom is 0.279 e. The summed E-state index contributed by atoms with van der Waals surface area (Å²) in [7, 11) is 1.64. The number of hydrogen-bond acceptors (Lipinski definition) is 5. The van der Waals surface area contributed by atoms with Crippen LogP contribution >= 0.6 is 0 Å². The minimum atomic E-state index is -1.67. The van der Waals surface area contributed by atoms with Gasteiger partial charge >= 0.3 is 0 Å². The Labute approximate surface area is 163 Å². The number of fused-ring (bicyclic) bond motifs is 1. The third kappa shape index (κ3) is 4.63. The number of nitrogens with one attached hydrogen (secondary N) is 2. The molecule has 0 saturated carbocycles. The molecule has 2 aromatic carbocycles. The van der Waals surface area contributed by atoms with Crippen LogP contribution < -0.4 is 15.0 Å². The Morgan fingerprint density at radius 1 is 1.28 bits per heavy atom. The Morgan fingerprint density at radius 2 is 2.03 bits per heavy atom. The number of benzene rings is 2. The van der Waals surface area contributed by atoms with Crippen molar-refractivity contribution < 1.29 is 37.3 Å². The molecule has 2 aromatic rings. The molecule has 1 unspecified atom stereocenters. The zero-order valence-electron chi connectivity index (χ0n) is 15.3. The predicted octanol–water partition coefficient (Wildman–Crippen LogP) is 1.53. The summed E-state index contributed by atoms with van der Waals surface area (Å²) < 4.78 is 50.5. The fourth-order valence-corrected chi connectivity index (χ4v) is 3.00. The number of carbonyl (C=O) groups is 1. The summed E-state index contributed by atoms with van der Waals surface area (Å²) in [6, 6.07) is 4.36. The molecular formula is C18H17F3N3O5+. The topological polar surface area (TPSA) is 95.1 Å². The van der Waals surface area contributed by atoms with E-state index in [1.54, 1.807) is 7.05 Å². The zero-order valence-corrected chi connectivity index (χ0v) is 15.3. The summed E-state index contributed by atoms with van der Waals surface area (Å²) in [6.07, 6.45) is 0. The molecule has 0 fully saturated rings. The number of anilines is 1. The van der Waals surface area contributed by atoms with Crippen LogP contribution in [0.5, 0.6) is 5.75 Å². The smallest absolute Gasteiger partial charge is 0.279 e. The highest BCUT2D eigenvalue weighted by Crippen LogP contribution is 2.32. The minimum Gasteiger partial charge on any atom is -0.467 e. The largest absolute Gasteiger partial charge is 0.467 e. The number of nitrogens with zero attached hydrogens (tertiary/aromatic N) is 1. The van der Waals surface area contributed by atoms with Crippen LogP contribution in [0.2, 0.25) is 0 Å². The number of rotatable bonds is 6. The van der Waals surface area contributed by atoms with Crippen molar-refractivity contribution in [3.63, 3.8) is 0 Å². The second kappa shape index (κ2) is 8.45. The summed E-state index contributed by atoms with van der Waals surface area (Å²) in [5.41, 5.74) is 0.437. The molecule has 0 saturated heterocycles. The van der Waals surface area contributed by atoms with Gasteiger partial charge in [0.15, 0.2) is 30.8 Å². The number of ether oxygens (including phenoxy) is 2. The van der Waals surface area contributed by atoms with Crippen molar-refractivity contribution in [3.05, 3.63) is 63.0 Å². The second-order valence-corrected chi connectivity index (χ2v) is 6.54. The number of non-ortho nitro benzene ring substituents is 1. The maximum absolute atomic E-state index is 13.7. The molecule has 29 heavy (non-hydrogen) atoms. The minimum absolute atomic E-state index is 0.00670. The van der Waals surface area contributed by atoms with Gasteiger partial charge in [0.2, 0.25) is 0 Å². The Morgan fingerprint density at radius 3 is 2.76 bits per heavy atom. The fraction of sp³-hybridized carbons (Fsp3) is 0.278. The van der Waals surface area contributed by atoms with Crippen molar-refractivity contribution in [3.8, 4) is 5.75 Å². The van der Waals surface area contributed by atoms with Gasteiger partial charge in [0.1, 0.15) is 12.3 Å². The molecule has 1 aliphatic heterocycles. The molecule has 0 aliphatic carbocycles. The highest BCUT2D eigenvalue weighted by atomic mass is 19.2. The van der Waals surface area contributed by atoms with E-state index in [-0.39, 0.29) is 32.2 Å². The lowest BCUT2D eigenvalue weighted by atomic mass is 10.1. The maximum atomic E-state index is 13.7. The van der Waals surface area contributed by atoms with Crippen LogP contribution in [0.15, 0.2) is 24.3 Å². The number of likely N-dealkylation sites (N-methyl/N-ethyl adjacent to an activating group) is 1. The van der Waals surface area contributed by atoms with Crippen LogP contribution in [-0.4, -0.2) is 31.2 Å². The van der Waals surface area contributed by atoms with Gasteiger partial charge in [0, 0.05) is 17.7 Å². The average Bonchev–Trinajstić information content (AvgIpc) is 2.68. The predicted molar refractivity (Wildman–Crippen MR) is 93.8 cm³/mol. The molecule has 1 amide bonds. The first kappa shape index (κ1) is 20.6. The summed E-state index contributed by atoms with van der Waals surface area (Å²) >= 11 is 0. The highest BCUT2D eigenvalue weighted by molar-refractivity contribution is 5.91. The van der Waals surface area contributed by atoms with Crippen LogP contribution in [0.3, 0.4) is 0 Å². The Balaban J connectivity index is 1.71. The quantitative estimate of drug-likeness (QED) is 0.426. The third-order valence-electron chi connectivity index (χ3n) is 4.25. The molecule has 1 aliphatic rings. The number of nitro groups is 1. The first-order valence-corrected chi connectivity index (χ1v) is 8.51. The third-order valence-corrected chi connectivity index (χ3v) is 4.25. The molecule has 11 heteroatoms. The molecular weight excluding hydrogens is 395 g/mol. The molecule has 154 valence electrons. The number of quaternary nitrogens is 1. The second-order valence-electron chi connectivity index (χ2n) is 6.54. The Bertz CT molecular complexity index is 970. The molecule has 8 nitrogen and oxygen atoms in total. The molecule has 1 heterocycles. The normalized spacial score (nSPS) is 13.9. The van der Waals surface area contributed by atoms with E-state index >= 15 is 0 Å². The highest BCUT2D eigenvalue weighted by Gasteiger charge is 2.24. The van der Waals surface area contributed by atoms with Crippen molar-refractivity contribution in [2.24, 2.45) is 0 Å². The molecule has 0 aromatic heterocycles. The lowest BCUT2D eigenvalue weighted by Gasteiger charge is -2.22. The van der Waals surface area contributed by atoms with E-state index in [0.29, 0.717) is 27.8 Å². The van der Waals surface area contributed by atoms with Gasteiger partial charge in [-0.1, -0.05) is 0 Å². The summed E-state index contributed by atoms with van der Waals surface area (Å²) in [4.78, 5) is 23.4. The number of carbonyl (C=O) groups excluding carboxylic acids is 1. The van der Waals surface area contributed by atoms with Gasteiger partial charge in [0.25, 0.3) is 11.6 Å². The van der Waals surface area contributed by atoms with Crippen molar-refractivity contribution in [2.75, 3.05) is 25.7 Å². The van der Waals surface area contributed by atoms with Gasteiger partial charge in [-0.3, -0.25) is 14.9 Å². The summed E-state index contributed by atoms with van der Waals surface area (Å²) in [5, 5.41) is 13.3. The number of halogens is 3. The molecule has 1 atom stereocenters. The van der Waals surface area contributed by atoms with E-state index in [0.717, 1.165) is 6.07 Å². The van der Waals surface area contributed by atoms with E-state index in [9.17, 15) is 28.1 Å². The zero-order chi connectivity index (χ0) is 21.1.